The number of hydrogen-bond acceptors (Lipinski definition) is 1. The van der Waals surface area contributed by atoms with Crippen molar-refractivity contribution >= 4 is 27.8 Å². The fourth-order valence-electron chi connectivity index (χ4n) is 13.3. The molecule has 1 heteroatoms. The molecule has 0 N–H and O–H groups in total. The molecule has 0 radical (unpaired) electrons. The van der Waals surface area contributed by atoms with Crippen LogP contribution in [0.15, 0.2) is 346 Å². The lowest BCUT2D eigenvalue weighted by Crippen LogP contribution is -2.31. The summed E-state index contributed by atoms with van der Waals surface area (Å²) in [5.74, 6) is 0. The van der Waals surface area contributed by atoms with Gasteiger partial charge < -0.3 is 4.90 Å². The molecule has 91 heavy (non-hydrogen) atoms. The van der Waals surface area contributed by atoms with E-state index in [1.165, 1.54) is 122 Å². The Bertz CT molecular complexity index is 4510. The minimum Gasteiger partial charge on any atom is -0.310 e. The molecule has 0 heterocycles. The second-order valence-electron chi connectivity index (χ2n) is 24.8. The van der Waals surface area contributed by atoms with Gasteiger partial charge in [0, 0.05) is 27.9 Å². The topological polar surface area (TPSA) is 3.24 Å². The molecule has 1 aliphatic carbocycles. The Hall–Kier alpha value is -10.9. The van der Waals surface area contributed by atoms with Gasteiger partial charge in [-0.15, -0.1) is 0 Å². The maximum Gasteiger partial charge on any atom is 0.0468 e. The first-order valence-corrected chi connectivity index (χ1v) is 31.8. The third-order valence-corrected chi connectivity index (χ3v) is 18.4. The lowest BCUT2D eigenvalue weighted by Gasteiger charge is -2.38. The molecule has 0 saturated carbocycles. The van der Waals surface area contributed by atoms with E-state index < -0.39 is 5.41 Å². The number of hydrogen-bond donors (Lipinski definition) is 0. The molecule has 440 valence electrons. The Morgan fingerprint density at radius 2 is 0.582 bits per heavy atom. The first-order chi connectivity index (χ1) is 44.5. The van der Waals surface area contributed by atoms with E-state index in [9.17, 15) is 0 Å². The van der Waals surface area contributed by atoms with Gasteiger partial charge in [0.15, 0.2) is 0 Å². The van der Waals surface area contributed by atoms with Crippen molar-refractivity contribution in [3.63, 3.8) is 0 Å². The highest BCUT2D eigenvalue weighted by atomic mass is 15.1. The van der Waals surface area contributed by atoms with Crippen LogP contribution in [0.2, 0.25) is 0 Å². The summed E-state index contributed by atoms with van der Waals surface area (Å²) in [5, 5.41) is 2.45. The van der Waals surface area contributed by atoms with E-state index in [-0.39, 0.29) is 5.41 Å². The number of anilines is 3. The zero-order valence-corrected chi connectivity index (χ0v) is 52.9. The van der Waals surface area contributed by atoms with Crippen molar-refractivity contribution in [2.24, 2.45) is 0 Å². The fourth-order valence-corrected chi connectivity index (χ4v) is 13.3. The summed E-state index contributed by atoms with van der Waals surface area (Å²) in [6, 6.07) is 125. The normalized spacial score (nSPS) is 11.9. The van der Waals surface area contributed by atoms with Crippen molar-refractivity contribution in [3.05, 3.63) is 390 Å². The molecule has 1 aliphatic rings. The van der Waals surface area contributed by atoms with Crippen LogP contribution in [0.3, 0.4) is 0 Å². The summed E-state index contributed by atoms with van der Waals surface area (Å²) < 4.78 is 0. The van der Waals surface area contributed by atoms with E-state index in [0.717, 1.165) is 17.1 Å². The third-order valence-electron chi connectivity index (χ3n) is 18.4. The molecule has 0 bridgehead atoms. The maximum atomic E-state index is 2.49. The smallest absolute Gasteiger partial charge is 0.0468 e. The van der Waals surface area contributed by atoms with E-state index in [1.54, 1.807) is 0 Å². The first-order valence-electron chi connectivity index (χ1n) is 31.8. The Labute approximate surface area is 538 Å². The van der Waals surface area contributed by atoms with Gasteiger partial charge in [-0.2, -0.15) is 0 Å². The predicted octanol–water partition coefficient (Wildman–Crippen LogP) is 24.6. The van der Waals surface area contributed by atoms with E-state index in [2.05, 4.69) is 380 Å². The number of benzene rings is 14. The van der Waals surface area contributed by atoms with Crippen molar-refractivity contribution < 1.29 is 0 Å². The Morgan fingerprint density at radius 3 is 0.967 bits per heavy atom. The summed E-state index contributed by atoms with van der Waals surface area (Å²) >= 11 is 0. The lowest BCUT2D eigenvalue weighted by atomic mass is 9.64. The molecule has 1 nitrogen and oxygen atoms in total. The van der Waals surface area contributed by atoms with Gasteiger partial charge in [0.25, 0.3) is 0 Å². The molecule has 0 fully saturated rings. The van der Waals surface area contributed by atoms with Crippen LogP contribution in [0.5, 0.6) is 0 Å². The highest BCUT2D eigenvalue weighted by Crippen LogP contribution is 2.57. The van der Waals surface area contributed by atoms with Crippen LogP contribution in [-0.2, 0) is 10.8 Å². The van der Waals surface area contributed by atoms with E-state index in [1.807, 2.05) is 12.1 Å². The van der Waals surface area contributed by atoms with Crippen LogP contribution in [0.1, 0.15) is 65.3 Å². The molecular formula is C90H75N. The summed E-state index contributed by atoms with van der Waals surface area (Å²) in [5.41, 5.74) is 28.2. The summed E-state index contributed by atoms with van der Waals surface area (Å²) in [6.45, 7) is 13.7. The molecule has 0 aromatic heterocycles. The van der Waals surface area contributed by atoms with Crippen LogP contribution in [0.4, 0.5) is 17.1 Å². The minimum absolute atomic E-state index is 0.310. The van der Waals surface area contributed by atoms with Gasteiger partial charge >= 0.3 is 0 Å². The molecule has 0 saturated heterocycles. The molecule has 14 aromatic carbocycles. The van der Waals surface area contributed by atoms with Crippen molar-refractivity contribution in [3.8, 4) is 66.8 Å². The van der Waals surface area contributed by atoms with Crippen molar-refractivity contribution in [1.29, 1.82) is 0 Å². The SMILES string of the molecule is Cc1ccc(-c2ccc3c(c2C(C)(c2ccccc2)c2ccccc2)C(C)(C)c2cc4cc(N(c5ccc(-c6ccccc6)cc5)c5ccc(-c6ccccc6)cc5)ccc4cc2-3)cc1.Cc1ccc(-c2ccccc2)cc1.Cc1ccc(-c2ccccc2)cc1. The molecule has 0 atom stereocenters. The van der Waals surface area contributed by atoms with Gasteiger partial charge in [-0.25, -0.2) is 0 Å². The van der Waals surface area contributed by atoms with Gasteiger partial charge in [0.2, 0.25) is 0 Å². The van der Waals surface area contributed by atoms with Crippen LogP contribution in [0.25, 0.3) is 77.5 Å². The molecule has 0 spiro atoms. The molecular weight excluding hydrogens is 1090 g/mol. The van der Waals surface area contributed by atoms with E-state index in [0.29, 0.717) is 0 Å². The van der Waals surface area contributed by atoms with Crippen molar-refractivity contribution in [1.82, 2.24) is 0 Å². The van der Waals surface area contributed by atoms with Crippen LogP contribution in [0, 0.1) is 20.8 Å². The highest BCUT2D eigenvalue weighted by Gasteiger charge is 2.45. The maximum absolute atomic E-state index is 2.49. The first kappa shape index (κ1) is 59.1. The van der Waals surface area contributed by atoms with Gasteiger partial charge in [-0.05, 0) is 182 Å². The lowest BCUT2D eigenvalue weighted by molar-refractivity contribution is 0.614. The molecule has 0 amide bonds. The number of aryl methyl sites for hydroxylation is 3. The zero-order chi connectivity index (χ0) is 62.3. The molecule has 14 aromatic rings. The van der Waals surface area contributed by atoms with E-state index >= 15 is 0 Å². The van der Waals surface area contributed by atoms with Crippen LogP contribution in [-0.4, -0.2) is 0 Å². The van der Waals surface area contributed by atoms with Gasteiger partial charge in [0.05, 0.1) is 0 Å². The van der Waals surface area contributed by atoms with Crippen LogP contribution >= 0.6 is 0 Å². The summed E-state index contributed by atoms with van der Waals surface area (Å²) in [6.07, 6.45) is 0. The van der Waals surface area contributed by atoms with Gasteiger partial charge in [-0.1, -0.05) is 328 Å². The number of fused-ring (bicyclic) bond motifs is 4. The Kier molecular flexibility index (Phi) is 16.9. The minimum atomic E-state index is -0.452. The molecule has 0 unspecified atom stereocenters. The van der Waals surface area contributed by atoms with Crippen molar-refractivity contribution in [2.45, 2.75) is 52.4 Å². The molecule has 0 aliphatic heterocycles. The Balaban J connectivity index is 0.000000239. The number of rotatable bonds is 11. The zero-order valence-electron chi connectivity index (χ0n) is 52.9. The van der Waals surface area contributed by atoms with Gasteiger partial charge in [-0.3, -0.25) is 0 Å². The second-order valence-corrected chi connectivity index (χ2v) is 24.8. The fraction of sp³-hybridized carbons (Fsp3) is 0.0889. The largest absolute Gasteiger partial charge is 0.310 e. The monoisotopic (exact) mass is 1170 g/mol. The van der Waals surface area contributed by atoms with E-state index in [4.69, 9.17) is 0 Å². The number of nitrogens with zero attached hydrogens (tertiary/aromatic N) is 1. The average molecular weight is 1170 g/mol. The Morgan fingerprint density at radius 1 is 0.264 bits per heavy atom. The van der Waals surface area contributed by atoms with Crippen molar-refractivity contribution in [2.75, 3.05) is 4.90 Å². The highest BCUT2D eigenvalue weighted by molar-refractivity contribution is 5.98. The quantitative estimate of drug-likeness (QED) is 0.117. The summed E-state index contributed by atoms with van der Waals surface area (Å²) in [7, 11) is 0. The predicted molar refractivity (Wildman–Crippen MR) is 389 cm³/mol. The molecule has 15 rings (SSSR count). The van der Waals surface area contributed by atoms with Gasteiger partial charge in [0.1, 0.15) is 0 Å². The average Bonchev–Trinajstić information content (AvgIpc) is 1.59. The third kappa shape index (κ3) is 12.4. The second kappa shape index (κ2) is 26.1. The van der Waals surface area contributed by atoms with Crippen LogP contribution < -0.4 is 4.90 Å². The summed E-state index contributed by atoms with van der Waals surface area (Å²) in [4.78, 5) is 2.40. The standard InChI is InChI=1S/C64H51N.2C13H12/c1-44-25-27-49(28-26-44)57-39-40-58-59-42-50-33-38-56(41-51(50)43-60(59)63(2,3)61(58)62(57)64(4,52-21-13-7-14-22-52)53-23-15-8-16-24-53)65(54-34-29-47(30-35-54)45-17-9-5-10-18-45)55-36-31-48(32-37-55)46-19-11-6-12-20-46;2*1-11-7-9-13(10-8-11)12-5-3-2-4-6-12/h5-43H,1-4H3;2*2-10H,1H3.